The van der Waals surface area contributed by atoms with Crippen molar-refractivity contribution >= 4 is 0 Å². The highest BCUT2D eigenvalue weighted by atomic mass is 19.4. The summed E-state index contributed by atoms with van der Waals surface area (Å²) in [5, 5.41) is 17.8. The molecule has 0 unspecified atom stereocenters. The summed E-state index contributed by atoms with van der Waals surface area (Å²) in [6.45, 7) is 4.06. The van der Waals surface area contributed by atoms with Gasteiger partial charge in [0.1, 0.15) is 6.61 Å². The molecule has 196 valence electrons. The molecule has 0 amide bonds. The molecule has 11 nitrogen and oxygen atoms in total. The van der Waals surface area contributed by atoms with E-state index in [0.717, 1.165) is 25.1 Å². The number of nitrogens with zero attached hydrogens (tertiary/aromatic N) is 9. The largest absolute Gasteiger partial charge is 0.471 e. The molecule has 0 aliphatic heterocycles. The van der Waals surface area contributed by atoms with Gasteiger partial charge in [0.2, 0.25) is 11.7 Å². The van der Waals surface area contributed by atoms with Crippen LogP contribution in [0.3, 0.4) is 0 Å². The van der Waals surface area contributed by atoms with Crippen LogP contribution in [0.1, 0.15) is 35.8 Å². The average molecular weight is 525 g/mol. The molecule has 0 N–H and O–H groups in total. The highest BCUT2D eigenvalue weighted by molar-refractivity contribution is 5.61. The van der Waals surface area contributed by atoms with Gasteiger partial charge in [0.15, 0.2) is 0 Å². The summed E-state index contributed by atoms with van der Waals surface area (Å²) in [6.07, 6.45) is 2.97. The molecule has 0 bridgehead atoms. The first-order valence-electron chi connectivity index (χ1n) is 11.6. The molecule has 4 heterocycles. The van der Waals surface area contributed by atoms with Crippen molar-refractivity contribution in [2.75, 3.05) is 7.05 Å². The van der Waals surface area contributed by atoms with Gasteiger partial charge in [-0.2, -0.15) is 28.4 Å². The minimum atomic E-state index is -4.47. The van der Waals surface area contributed by atoms with E-state index in [4.69, 9.17) is 9.26 Å². The molecule has 0 radical (unpaired) electrons. The summed E-state index contributed by atoms with van der Waals surface area (Å²) in [5.41, 5.74) is 1.76. The number of aromatic nitrogens is 6. The predicted molar refractivity (Wildman–Crippen MR) is 127 cm³/mol. The number of hydrogen-bond acceptors (Lipinski definition) is 9. The number of pyridine rings is 2. The number of alkyl halides is 3. The lowest BCUT2D eigenvalue weighted by Crippen LogP contribution is -2.09. The fourth-order valence-corrected chi connectivity index (χ4v) is 3.69. The van der Waals surface area contributed by atoms with Crippen molar-refractivity contribution in [2.45, 2.75) is 38.2 Å². The van der Waals surface area contributed by atoms with Crippen LogP contribution in [-0.4, -0.2) is 41.9 Å². The SMILES string of the molecule is C=CN(Cc1cc(-c2noc(-c3cnn(C4CC4)c3COc3ccc(C(F)(F)F)cn3)n2)ccn1)N=NC. The Morgan fingerprint density at radius 3 is 2.76 bits per heavy atom. The third-order valence-corrected chi connectivity index (χ3v) is 5.68. The highest BCUT2D eigenvalue weighted by Gasteiger charge is 2.32. The summed E-state index contributed by atoms with van der Waals surface area (Å²) in [5.74, 6) is 0.636. The zero-order valence-electron chi connectivity index (χ0n) is 20.2. The normalized spacial score (nSPS) is 13.7. The van der Waals surface area contributed by atoms with Crippen LogP contribution >= 0.6 is 0 Å². The van der Waals surface area contributed by atoms with Crippen LogP contribution in [-0.2, 0) is 19.3 Å². The fraction of sp³-hybridized carbons (Fsp3) is 0.292. The zero-order valence-corrected chi connectivity index (χ0v) is 20.2. The van der Waals surface area contributed by atoms with E-state index < -0.39 is 11.7 Å². The van der Waals surface area contributed by atoms with E-state index in [-0.39, 0.29) is 24.4 Å². The first-order chi connectivity index (χ1) is 18.4. The molecule has 4 aromatic rings. The quantitative estimate of drug-likeness (QED) is 0.203. The Hall–Kier alpha value is -4.62. The molecule has 4 aromatic heterocycles. The maximum atomic E-state index is 12.8. The Kier molecular flexibility index (Phi) is 6.85. The Balaban J connectivity index is 1.37. The molecule has 1 aliphatic carbocycles. The van der Waals surface area contributed by atoms with Crippen LogP contribution in [0.4, 0.5) is 13.2 Å². The van der Waals surface area contributed by atoms with Crippen LogP contribution in [0.15, 0.2) is 70.5 Å². The number of hydrogen-bond donors (Lipinski definition) is 0. The van der Waals surface area contributed by atoms with E-state index in [2.05, 4.69) is 42.1 Å². The van der Waals surface area contributed by atoms with Crippen LogP contribution in [0, 0.1) is 0 Å². The van der Waals surface area contributed by atoms with E-state index in [0.29, 0.717) is 34.9 Å². The number of ether oxygens (including phenoxy) is 1. The van der Waals surface area contributed by atoms with Gasteiger partial charge in [-0.25, -0.2) is 9.99 Å². The third-order valence-electron chi connectivity index (χ3n) is 5.68. The summed E-state index contributed by atoms with van der Waals surface area (Å²) < 4.78 is 51.6. The molecule has 1 aliphatic rings. The Bertz CT molecular complexity index is 1440. The highest BCUT2D eigenvalue weighted by Crippen LogP contribution is 2.38. The standard InChI is InChI=1S/C24H22F3N9O2/c1-3-35(34-28-2)13-17-10-15(8-9-29-17)22-32-23(38-33-22)19-12-31-36(18-5-6-18)20(19)14-37-21-7-4-16(11-30-21)24(25,26)27/h3-4,7-12,18H,1,5-6,13-14H2,2H3. The molecule has 38 heavy (non-hydrogen) atoms. The van der Waals surface area contributed by atoms with E-state index >= 15 is 0 Å². The Labute approximate surface area is 214 Å². The first kappa shape index (κ1) is 25.0. The van der Waals surface area contributed by atoms with Gasteiger partial charge in [-0.3, -0.25) is 9.67 Å². The molecule has 14 heteroatoms. The smallest absolute Gasteiger partial charge is 0.417 e. The van der Waals surface area contributed by atoms with E-state index in [1.807, 2.05) is 10.7 Å². The van der Waals surface area contributed by atoms with Crippen molar-refractivity contribution in [3.05, 3.63) is 72.6 Å². The number of halogens is 3. The summed E-state index contributed by atoms with van der Waals surface area (Å²) in [7, 11) is 1.56. The van der Waals surface area contributed by atoms with Gasteiger partial charge in [0.25, 0.3) is 5.89 Å². The van der Waals surface area contributed by atoms with Crippen molar-refractivity contribution in [1.82, 2.24) is 34.9 Å². The van der Waals surface area contributed by atoms with E-state index in [9.17, 15) is 13.2 Å². The van der Waals surface area contributed by atoms with Crippen LogP contribution < -0.4 is 4.74 Å². The lowest BCUT2D eigenvalue weighted by atomic mass is 10.2. The second kappa shape index (κ2) is 10.4. The van der Waals surface area contributed by atoms with Gasteiger partial charge in [0.05, 0.1) is 48.3 Å². The average Bonchev–Trinajstić information content (AvgIpc) is 3.47. The minimum Gasteiger partial charge on any atom is -0.471 e. The Morgan fingerprint density at radius 1 is 1.24 bits per heavy atom. The molecule has 0 atom stereocenters. The summed E-state index contributed by atoms with van der Waals surface area (Å²) in [6, 6.07) is 5.88. The van der Waals surface area contributed by atoms with Gasteiger partial charge in [-0.1, -0.05) is 17.0 Å². The second-order valence-electron chi connectivity index (χ2n) is 8.38. The van der Waals surface area contributed by atoms with Crippen molar-refractivity contribution in [1.29, 1.82) is 0 Å². The van der Waals surface area contributed by atoms with Gasteiger partial charge in [0, 0.05) is 30.2 Å². The molecule has 0 aromatic carbocycles. The van der Waals surface area contributed by atoms with Crippen LogP contribution in [0.25, 0.3) is 22.8 Å². The summed E-state index contributed by atoms with van der Waals surface area (Å²) >= 11 is 0. The van der Waals surface area contributed by atoms with Gasteiger partial charge in [-0.05, 0) is 31.0 Å². The second-order valence-corrected chi connectivity index (χ2v) is 8.38. The van der Waals surface area contributed by atoms with Gasteiger partial charge in [-0.15, -0.1) is 0 Å². The molecular formula is C24H22F3N9O2. The first-order valence-corrected chi connectivity index (χ1v) is 11.6. The van der Waals surface area contributed by atoms with Gasteiger partial charge >= 0.3 is 6.18 Å². The van der Waals surface area contributed by atoms with Crippen molar-refractivity contribution in [3.63, 3.8) is 0 Å². The van der Waals surface area contributed by atoms with E-state index in [1.54, 1.807) is 25.5 Å². The third kappa shape index (κ3) is 5.53. The maximum absolute atomic E-state index is 12.8. The topological polar surface area (TPSA) is 120 Å². The molecule has 0 spiro atoms. The molecular weight excluding hydrogens is 503 g/mol. The lowest BCUT2D eigenvalue weighted by molar-refractivity contribution is -0.137. The van der Waals surface area contributed by atoms with Crippen LogP contribution in [0.5, 0.6) is 5.88 Å². The van der Waals surface area contributed by atoms with Crippen LogP contribution in [0.2, 0.25) is 0 Å². The fourth-order valence-electron chi connectivity index (χ4n) is 3.69. The zero-order chi connectivity index (χ0) is 26.7. The van der Waals surface area contributed by atoms with Gasteiger partial charge < -0.3 is 9.26 Å². The van der Waals surface area contributed by atoms with Crippen molar-refractivity contribution in [3.8, 4) is 28.7 Å². The number of rotatable bonds is 10. The predicted octanol–water partition coefficient (Wildman–Crippen LogP) is 5.27. The molecule has 1 saturated carbocycles. The summed E-state index contributed by atoms with van der Waals surface area (Å²) in [4.78, 5) is 12.7. The lowest BCUT2D eigenvalue weighted by Gasteiger charge is -2.11. The molecule has 0 saturated heterocycles. The van der Waals surface area contributed by atoms with Crippen molar-refractivity contribution < 1.29 is 22.4 Å². The van der Waals surface area contributed by atoms with Crippen molar-refractivity contribution in [2.24, 2.45) is 10.3 Å². The molecule has 5 rings (SSSR count). The van der Waals surface area contributed by atoms with E-state index in [1.165, 1.54) is 17.3 Å². The monoisotopic (exact) mass is 525 g/mol. The maximum Gasteiger partial charge on any atom is 0.417 e. The minimum absolute atomic E-state index is 0.00465. The molecule has 1 fully saturated rings. The Morgan fingerprint density at radius 2 is 2.08 bits per heavy atom.